The molecule has 29 heavy (non-hydrogen) atoms. The number of hydrogen-bond acceptors (Lipinski definition) is 5. The second kappa shape index (κ2) is 5.75. The molecule has 5 rings (SSSR count). The van der Waals surface area contributed by atoms with Gasteiger partial charge in [-0.05, 0) is 18.2 Å². The SMILES string of the molecule is O=C1OC2(c3ccccc31)c1ccc(O)c(Cl)c1Oc1c(Cl)c(O)c(F)c(F)c12. The molecule has 9 heteroatoms. The molecule has 0 aliphatic carbocycles. The number of phenolic OH excluding ortho intramolecular Hbond substituents is 2. The summed E-state index contributed by atoms with van der Waals surface area (Å²) in [6, 6.07) is 8.70. The predicted octanol–water partition coefficient (Wildman–Crippen LogP) is 5.25. The molecule has 1 unspecified atom stereocenters. The largest absolute Gasteiger partial charge is 0.506 e. The molecule has 2 heterocycles. The van der Waals surface area contributed by atoms with E-state index in [9.17, 15) is 19.4 Å². The highest BCUT2D eigenvalue weighted by Crippen LogP contribution is 2.61. The molecule has 0 saturated carbocycles. The van der Waals surface area contributed by atoms with Crippen LogP contribution in [0.4, 0.5) is 8.78 Å². The fourth-order valence-electron chi connectivity index (χ4n) is 3.80. The maximum Gasteiger partial charge on any atom is 0.340 e. The summed E-state index contributed by atoms with van der Waals surface area (Å²) in [5.74, 6) is -6.08. The maximum absolute atomic E-state index is 15.2. The van der Waals surface area contributed by atoms with Crippen LogP contribution in [0.25, 0.3) is 0 Å². The van der Waals surface area contributed by atoms with Gasteiger partial charge in [0.2, 0.25) is 5.82 Å². The molecule has 0 amide bonds. The van der Waals surface area contributed by atoms with Crippen molar-refractivity contribution >= 4 is 29.2 Å². The van der Waals surface area contributed by atoms with Crippen molar-refractivity contribution < 1.29 is 33.3 Å². The van der Waals surface area contributed by atoms with Crippen LogP contribution in [0.5, 0.6) is 23.0 Å². The fourth-order valence-corrected chi connectivity index (χ4v) is 4.22. The van der Waals surface area contributed by atoms with Crippen molar-refractivity contribution in [3.05, 3.63) is 80.3 Å². The van der Waals surface area contributed by atoms with E-state index < -0.39 is 45.3 Å². The van der Waals surface area contributed by atoms with E-state index in [4.69, 9.17) is 32.7 Å². The molecule has 0 saturated heterocycles. The lowest BCUT2D eigenvalue weighted by Gasteiger charge is -2.37. The monoisotopic (exact) mass is 436 g/mol. The highest BCUT2D eigenvalue weighted by Gasteiger charge is 2.57. The Morgan fingerprint density at radius 2 is 1.62 bits per heavy atom. The third kappa shape index (κ3) is 2.06. The molecule has 1 atom stereocenters. The highest BCUT2D eigenvalue weighted by molar-refractivity contribution is 6.34. The van der Waals surface area contributed by atoms with Crippen molar-refractivity contribution in [1.29, 1.82) is 0 Å². The van der Waals surface area contributed by atoms with Crippen LogP contribution in [0.1, 0.15) is 27.0 Å². The molecule has 0 fully saturated rings. The number of phenols is 2. The van der Waals surface area contributed by atoms with E-state index in [2.05, 4.69) is 0 Å². The molecular formula is C20H8Cl2F2O5. The molecule has 1 spiro atoms. The Balaban J connectivity index is 2.01. The van der Waals surface area contributed by atoms with Crippen LogP contribution in [0.3, 0.4) is 0 Å². The maximum atomic E-state index is 15.2. The van der Waals surface area contributed by atoms with Gasteiger partial charge in [-0.25, -0.2) is 9.18 Å². The number of fused-ring (bicyclic) bond motifs is 6. The second-order valence-corrected chi connectivity index (χ2v) is 7.24. The van der Waals surface area contributed by atoms with Crippen molar-refractivity contribution in [3.8, 4) is 23.0 Å². The lowest BCUT2D eigenvalue weighted by molar-refractivity contribution is 0.0210. The van der Waals surface area contributed by atoms with Crippen LogP contribution in [0.15, 0.2) is 36.4 Å². The summed E-state index contributed by atoms with van der Waals surface area (Å²) < 4.78 is 40.8. The van der Waals surface area contributed by atoms with Gasteiger partial charge < -0.3 is 19.7 Å². The lowest BCUT2D eigenvalue weighted by Crippen LogP contribution is -2.34. The average Bonchev–Trinajstić information content (AvgIpc) is 3.01. The highest BCUT2D eigenvalue weighted by atomic mass is 35.5. The van der Waals surface area contributed by atoms with E-state index in [0.717, 1.165) is 0 Å². The zero-order chi connectivity index (χ0) is 20.7. The summed E-state index contributed by atoms with van der Waals surface area (Å²) in [7, 11) is 0. The van der Waals surface area contributed by atoms with Gasteiger partial charge in [0.25, 0.3) is 0 Å². The first-order valence-corrected chi connectivity index (χ1v) is 8.97. The molecule has 3 aromatic rings. The number of halogens is 4. The summed E-state index contributed by atoms with van der Waals surface area (Å²) in [5, 5.41) is 19.0. The van der Waals surface area contributed by atoms with Crippen molar-refractivity contribution in [2.24, 2.45) is 0 Å². The molecule has 146 valence electrons. The van der Waals surface area contributed by atoms with Crippen LogP contribution in [0, 0.1) is 11.6 Å². The van der Waals surface area contributed by atoms with Gasteiger partial charge in [-0.3, -0.25) is 0 Å². The van der Waals surface area contributed by atoms with Crippen molar-refractivity contribution in [2.75, 3.05) is 0 Å². The molecule has 2 N–H and O–H groups in total. The normalized spacial score (nSPS) is 18.7. The summed E-state index contributed by atoms with van der Waals surface area (Å²) in [5.41, 5.74) is -2.12. The van der Waals surface area contributed by atoms with Gasteiger partial charge in [0.15, 0.2) is 28.7 Å². The molecule has 2 aliphatic rings. The van der Waals surface area contributed by atoms with Gasteiger partial charge in [-0.2, -0.15) is 4.39 Å². The van der Waals surface area contributed by atoms with Gasteiger partial charge in [-0.1, -0.05) is 41.4 Å². The number of carbonyl (C=O) groups is 1. The molecule has 5 nitrogen and oxygen atoms in total. The molecular weight excluding hydrogens is 429 g/mol. The summed E-state index contributed by atoms with van der Waals surface area (Å²) in [6.07, 6.45) is 0. The number of rotatable bonds is 0. The van der Waals surface area contributed by atoms with E-state index in [1.807, 2.05) is 0 Å². The van der Waals surface area contributed by atoms with E-state index >= 15 is 4.39 Å². The van der Waals surface area contributed by atoms with Crippen molar-refractivity contribution in [3.63, 3.8) is 0 Å². The molecule has 0 radical (unpaired) electrons. The average molecular weight is 437 g/mol. The minimum absolute atomic E-state index is 0.0613. The van der Waals surface area contributed by atoms with Gasteiger partial charge >= 0.3 is 5.97 Å². The molecule has 2 aliphatic heterocycles. The van der Waals surface area contributed by atoms with Gasteiger partial charge in [-0.15, -0.1) is 0 Å². The Kier molecular flexibility index (Phi) is 3.57. The van der Waals surface area contributed by atoms with Crippen LogP contribution in [0.2, 0.25) is 10.0 Å². The molecule has 3 aromatic carbocycles. The third-order valence-electron chi connectivity index (χ3n) is 5.04. The van der Waals surface area contributed by atoms with Crippen LogP contribution in [-0.2, 0) is 10.3 Å². The van der Waals surface area contributed by atoms with E-state index in [-0.39, 0.29) is 33.2 Å². The van der Waals surface area contributed by atoms with Gasteiger partial charge in [0.05, 0.1) is 11.1 Å². The Morgan fingerprint density at radius 1 is 0.897 bits per heavy atom. The summed E-state index contributed by atoms with van der Waals surface area (Å²) in [6.45, 7) is 0. The Labute approximate surface area is 171 Å². The molecule has 0 aromatic heterocycles. The van der Waals surface area contributed by atoms with Crippen molar-refractivity contribution in [2.45, 2.75) is 5.60 Å². The van der Waals surface area contributed by atoms with E-state index in [0.29, 0.717) is 0 Å². The molecule has 0 bridgehead atoms. The Morgan fingerprint density at radius 3 is 2.38 bits per heavy atom. The van der Waals surface area contributed by atoms with Crippen molar-refractivity contribution in [1.82, 2.24) is 0 Å². The van der Waals surface area contributed by atoms with Gasteiger partial charge in [0, 0.05) is 11.1 Å². The summed E-state index contributed by atoms with van der Waals surface area (Å²) >= 11 is 12.2. The third-order valence-corrected chi connectivity index (χ3v) is 5.75. The lowest BCUT2D eigenvalue weighted by atomic mass is 9.77. The minimum atomic E-state index is -1.99. The van der Waals surface area contributed by atoms with E-state index in [1.54, 1.807) is 12.1 Å². The second-order valence-electron chi connectivity index (χ2n) is 6.49. The number of esters is 1. The Bertz CT molecular complexity index is 1260. The van der Waals surface area contributed by atoms with Crippen LogP contribution < -0.4 is 4.74 Å². The first-order chi connectivity index (χ1) is 13.8. The number of ether oxygens (including phenoxy) is 2. The predicted molar refractivity (Wildman–Crippen MR) is 98.0 cm³/mol. The van der Waals surface area contributed by atoms with Crippen LogP contribution >= 0.6 is 23.2 Å². The first kappa shape index (κ1) is 18.0. The number of hydrogen-bond donors (Lipinski definition) is 2. The topological polar surface area (TPSA) is 76.0 Å². The zero-order valence-electron chi connectivity index (χ0n) is 14.1. The number of carbonyl (C=O) groups excluding carboxylic acids is 1. The fraction of sp³-hybridized carbons (Fsp3) is 0.0500. The smallest absolute Gasteiger partial charge is 0.340 e. The zero-order valence-corrected chi connectivity index (χ0v) is 15.6. The number of benzene rings is 3. The quantitative estimate of drug-likeness (QED) is 0.371. The van der Waals surface area contributed by atoms with Gasteiger partial charge in [0.1, 0.15) is 15.8 Å². The standard InChI is InChI=1S/C20H8Cl2F2O5/c21-12-10(25)6-5-9-17(12)28-18-11(14(23)15(24)16(26)13(18)22)20(9)8-4-2-1-3-7(8)19(27)29-20/h1-6,25-26H. The minimum Gasteiger partial charge on any atom is -0.506 e. The van der Waals surface area contributed by atoms with Crippen LogP contribution in [-0.4, -0.2) is 16.2 Å². The summed E-state index contributed by atoms with van der Waals surface area (Å²) in [4.78, 5) is 12.6. The Hall–Kier alpha value is -3.03. The number of aromatic hydroxyl groups is 2. The van der Waals surface area contributed by atoms with E-state index in [1.165, 1.54) is 24.3 Å². The first-order valence-electron chi connectivity index (χ1n) is 8.21.